The van der Waals surface area contributed by atoms with Crippen molar-refractivity contribution < 1.29 is 4.79 Å². The number of carbonyl (C=O) groups is 1. The molecule has 0 aromatic carbocycles. The molecule has 0 bridgehead atoms. The number of allylic oxidation sites excluding steroid dienone is 2. The van der Waals surface area contributed by atoms with E-state index in [4.69, 9.17) is 15.7 Å². The molecule has 214 valence electrons. The van der Waals surface area contributed by atoms with Crippen molar-refractivity contribution in [2.45, 2.75) is 60.0 Å². The minimum atomic E-state index is -0.561. The molecule has 2 unspecified atom stereocenters. The van der Waals surface area contributed by atoms with Gasteiger partial charge in [0.2, 0.25) is 5.91 Å². The number of amides is 1. The van der Waals surface area contributed by atoms with E-state index in [9.17, 15) is 9.59 Å². The molecule has 1 amide bonds. The fourth-order valence-corrected chi connectivity index (χ4v) is 5.66. The molecule has 1 aliphatic carbocycles. The molecule has 5 N–H and O–H groups in total. The zero-order valence-corrected chi connectivity index (χ0v) is 24.4. The van der Waals surface area contributed by atoms with E-state index in [2.05, 4.69) is 39.6 Å². The van der Waals surface area contributed by atoms with Crippen LogP contribution in [0.3, 0.4) is 0 Å². The Morgan fingerprint density at radius 2 is 2.05 bits per heavy atom. The van der Waals surface area contributed by atoms with Gasteiger partial charge >= 0.3 is 0 Å². The zero-order chi connectivity index (χ0) is 28.8. The number of H-pyrrole nitrogens is 1. The Labute approximate surface area is 237 Å². The maximum absolute atomic E-state index is 13.8. The topological polar surface area (TPSA) is 128 Å². The van der Waals surface area contributed by atoms with Crippen LogP contribution in [0.2, 0.25) is 0 Å². The van der Waals surface area contributed by atoms with Crippen LogP contribution in [0.1, 0.15) is 56.5 Å². The van der Waals surface area contributed by atoms with E-state index in [-0.39, 0.29) is 30.0 Å². The van der Waals surface area contributed by atoms with E-state index >= 15 is 0 Å². The van der Waals surface area contributed by atoms with E-state index in [0.717, 1.165) is 67.2 Å². The standard InChI is InChI=1S/C31H43N7O2/c1-6-7-22-14-20(4)37-30(39)26(22)18-35-31(40)29-21(5)24(15-27(25(29)16-32)36-19(2)3)23-8-9-28(34-17-23)38-12-10-33-11-13-38/h8-9,14-17,19,21,29,33H,6-7,10-13,18,32H2,1-5H3,(H,35,40)(H,37,39). The Kier molecular flexibility index (Phi) is 9.58. The van der Waals surface area contributed by atoms with Gasteiger partial charge in [0.05, 0.1) is 11.6 Å². The first-order chi connectivity index (χ1) is 19.2. The van der Waals surface area contributed by atoms with Gasteiger partial charge in [-0.1, -0.05) is 20.3 Å². The predicted molar refractivity (Wildman–Crippen MR) is 162 cm³/mol. The molecule has 2 aromatic rings. The van der Waals surface area contributed by atoms with Crippen molar-refractivity contribution in [1.29, 1.82) is 0 Å². The van der Waals surface area contributed by atoms with Crippen molar-refractivity contribution in [2.75, 3.05) is 31.1 Å². The Hall–Kier alpha value is -3.72. The number of aromatic nitrogens is 2. The summed E-state index contributed by atoms with van der Waals surface area (Å²) in [6.45, 7) is 13.9. The van der Waals surface area contributed by atoms with Crippen LogP contribution >= 0.6 is 0 Å². The van der Waals surface area contributed by atoms with Crippen molar-refractivity contribution in [1.82, 2.24) is 20.6 Å². The fraction of sp³-hybridized carbons (Fsp3) is 0.484. The summed E-state index contributed by atoms with van der Waals surface area (Å²) in [6, 6.07) is 6.15. The van der Waals surface area contributed by atoms with Gasteiger partial charge in [-0.25, -0.2) is 4.98 Å². The highest BCUT2D eigenvalue weighted by atomic mass is 16.2. The van der Waals surface area contributed by atoms with Crippen LogP contribution < -0.4 is 26.8 Å². The quantitative estimate of drug-likeness (QED) is 0.404. The number of nitrogens with zero attached hydrogens (tertiary/aromatic N) is 3. The number of hydrogen-bond donors (Lipinski definition) is 4. The Bertz CT molecular complexity index is 1350. The second-order valence-electron chi connectivity index (χ2n) is 11.0. The van der Waals surface area contributed by atoms with E-state index in [1.165, 1.54) is 6.20 Å². The highest BCUT2D eigenvalue weighted by molar-refractivity contribution is 6.17. The highest BCUT2D eigenvalue weighted by Crippen LogP contribution is 2.39. The first-order valence-electron chi connectivity index (χ1n) is 14.4. The molecule has 2 aromatic heterocycles. The molecule has 1 saturated heterocycles. The largest absolute Gasteiger partial charge is 0.404 e. The number of hydrogen-bond acceptors (Lipinski definition) is 7. The number of pyridine rings is 2. The van der Waals surface area contributed by atoms with E-state index < -0.39 is 5.92 Å². The lowest BCUT2D eigenvalue weighted by Crippen LogP contribution is -2.43. The van der Waals surface area contributed by atoms with E-state index in [1.54, 1.807) is 0 Å². The lowest BCUT2D eigenvalue weighted by Gasteiger charge is -2.33. The fourth-order valence-electron chi connectivity index (χ4n) is 5.66. The van der Waals surface area contributed by atoms with Gasteiger partial charge in [0.15, 0.2) is 0 Å². The molecular weight excluding hydrogens is 502 g/mol. The van der Waals surface area contributed by atoms with Crippen molar-refractivity contribution in [3.05, 3.63) is 75.0 Å². The first kappa shape index (κ1) is 29.3. The molecule has 2 atom stereocenters. The van der Waals surface area contributed by atoms with Crippen LogP contribution in [0.5, 0.6) is 0 Å². The summed E-state index contributed by atoms with van der Waals surface area (Å²) in [4.78, 5) is 41.4. The van der Waals surface area contributed by atoms with Crippen molar-refractivity contribution >= 4 is 23.0 Å². The second-order valence-corrected chi connectivity index (χ2v) is 11.0. The Morgan fingerprint density at radius 3 is 2.67 bits per heavy atom. The number of carbonyl (C=O) groups excluding carboxylic acids is 1. The predicted octanol–water partition coefficient (Wildman–Crippen LogP) is 3.10. The van der Waals surface area contributed by atoms with Gasteiger partial charge in [0.1, 0.15) is 5.82 Å². The number of piperazine rings is 1. The van der Waals surface area contributed by atoms with Crippen LogP contribution in [0, 0.1) is 18.8 Å². The number of aryl methyl sites for hydroxylation is 2. The number of nitrogens with one attached hydrogen (secondary N) is 3. The molecule has 2 aliphatic rings. The van der Waals surface area contributed by atoms with Crippen LogP contribution in [0.25, 0.3) is 5.57 Å². The summed E-state index contributed by atoms with van der Waals surface area (Å²) in [5.41, 5.74) is 11.7. The summed E-state index contributed by atoms with van der Waals surface area (Å²) in [5, 5.41) is 6.42. The average Bonchev–Trinajstić information content (AvgIpc) is 2.93. The normalized spacial score (nSPS) is 21.6. The molecule has 0 saturated carbocycles. The van der Waals surface area contributed by atoms with Gasteiger partial charge < -0.3 is 26.3 Å². The molecule has 0 radical (unpaired) electrons. The first-order valence-corrected chi connectivity index (χ1v) is 14.4. The van der Waals surface area contributed by atoms with Gasteiger partial charge in [0, 0.05) is 68.0 Å². The maximum atomic E-state index is 13.8. The molecule has 9 heteroatoms. The van der Waals surface area contributed by atoms with Crippen molar-refractivity contribution in [2.24, 2.45) is 22.6 Å². The Balaban J connectivity index is 1.64. The van der Waals surface area contributed by atoms with Crippen LogP contribution in [0.4, 0.5) is 5.82 Å². The van der Waals surface area contributed by atoms with Crippen LogP contribution in [0.15, 0.2) is 52.0 Å². The number of nitrogens with two attached hydrogens (primary N) is 1. The van der Waals surface area contributed by atoms with Crippen LogP contribution in [-0.2, 0) is 17.8 Å². The van der Waals surface area contributed by atoms with Gasteiger partial charge in [-0.3, -0.25) is 14.6 Å². The summed E-state index contributed by atoms with van der Waals surface area (Å²) >= 11 is 0. The van der Waals surface area contributed by atoms with Crippen molar-refractivity contribution in [3.63, 3.8) is 0 Å². The molecule has 3 heterocycles. The third kappa shape index (κ3) is 6.53. The van der Waals surface area contributed by atoms with E-state index in [1.807, 2.05) is 46.0 Å². The summed E-state index contributed by atoms with van der Waals surface area (Å²) in [7, 11) is 0. The monoisotopic (exact) mass is 545 g/mol. The number of aromatic amines is 1. The molecule has 0 spiro atoms. The molecule has 4 rings (SSSR count). The molecule has 1 fully saturated rings. The smallest absolute Gasteiger partial charge is 0.253 e. The second kappa shape index (κ2) is 13.1. The van der Waals surface area contributed by atoms with Gasteiger partial charge in [0.25, 0.3) is 5.56 Å². The number of anilines is 1. The summed E-state index contributed by atoms with van der Waals surface area (Å²) in [5.74, 6) is 0.0289. The van der Waals surface area contributed by atoms with Crippen LogP contribution in [-0.4, -0.2) is 53.8 Å². The number of rotatable bonds is 8. The average molecular weight is 546 g/mol. The minimum Gasteiger partial charge on any atom is -0.404 e. The Morgan fingerprint density at radius 1 is 1.30 bits per heavy atom. The minimum absolute atomic E-state index is 0.0236. The molecule has 9 nitrogen and oxygen atoms in total. The number of aliphatic imine (C=N–C) groups is 1. The SMILES string of the molecule is CCCc1cc(C)[nH]c(=O)c1CNC(=O)C1C(=CN)C(=NC(C)C)C=C(c2ccc(N3CCNCC3)nc2)C1C. The zero-order valence-electron chi connectivity index (χ0n) is 24.4. The highest BCUT2D eigenvalue weighted by Gasteiger charge is 2.37. The third-order valence-corrected chi connectivity index (χ3v) is 7.62. The molecule has 1 aliphatic heterocycles. The maximum Gasteiger partial charge on any atom is 0.253 e. The summed E-state index contributed by atoms with van der Waals surface area (Å²) in [6.07, 6.45) is 7.12. The lowest BCUT2D eigenvalue weighted by atomic mass is 9.73. The van der Waals surface area contributed by atoms with Gasteiger partial charge in [-0.05, 0) is 74.1 Å². The molecule has 40 heavy (non-hydrogen) atoms. The van der Waals surface area contributed by atoms with Crippen molar-refractivity contribution in [3.8, 4) is 0 Å². The molecular formula is C31H43N7O2. The third-order valence-electron chi connectivity index (χ3n) is 7.62. The van der Waals surface area contributed by atoms with Gasteiger partial charge in [-0.2, -0.15) is 0 Å². The lowest BCUT2D eigenvalue weighted by molar-refractivity contribution is -0.124. The van der Waals surface area contributed by atoms with Gasteiger partial charge in [-0.15, -0.1) is 0 Å². The summed E-state index contributed by atoms with van der Waals surface area (Å²) < 4.78 is 0. The van der Waals surface area contributed by atoms with E-state index in [0.29, 0.717) is 16.8 Å².